The molecule has 3 unspecified atom stereocenters. The molecular weight excluding hydrogens is 266 g/mol. The number of ether oxygens (including phenoxy) is 1. The first kappa shape index (κ1) is 16.7. The van der Waals surface area contributed by atoms with Crippen LogP contribution in [-0.4, -0.2) is 68.2 Å². The van der Waals surface area contributed by atoms with E-state index in [1.165, 1.54) is 0 Å². The monoisotopic (exact) mass is 297 g/mol. The Morgan fingerprint density at radius 3 is 2.57 bits per heavy atom. The SMILES string of the molecule is CN(C)CCCN(C)C(=O)C1(N)C2CCCOC2C1(C)C. The lowest BCUT2D eigenvalue weighted by Crippen LogP contribution is -2.82. The Morgan fingerprint density at radius 2 is 1.95 bits per heavy atom. The smallest absolute Gasteiger partial charge is 0.243 e. The second-order valence-electron chi connectivity index (χ2n) is 7.51. The Balaban J connectivity index is 2.03. The van der Waals surface area contributed by atoms with Crippen LogP contribution in [-0.2, 0) is 9.53 Å². The molecule has 1 aliphatic heterocycles. The Kier molecular flexibility index (Phi) is 4.66. The first-order valence-electron chi connectivity index (χ1n) is 8.03. The van der Waals surface area contributed by atoms with Gasteiger partial charge < -0.3 is 20.3 Å². The van der Waals surface area contributed by atoms with Gasteiger partial charge in [-0.15, -0.1) is 0 Å². The Morgan fingerprint density at radius 1 is 1.29 bits per heavy atom. The lowest BCUT2D eigenvalue weighted by atomic mass is 9.46. The van der Waals surface area contributed by atoms with E-state index in [1.807, 2.05) is 26.0 Å². The molecule has 0 bridgehead atoms. The lowest BCUT2D eigenvalue weighted by molar-refractivity contribution is -0.229. The van der Waals surface area contributed by atoms with E-state index in [-0.39, 0.29) is 23.3 Å². The Labute approximate surface area is 128 Å². The fraction of sp³-hybridized carbons (Fsp3) is 0.938. The molecule has 2 N–H and O–H groups in total. The molecule has 122 valence electrons. The average molecular weight is 297 g/mol. The minimum atomic E-state index is -0.773. The zero-order valence-electron chi connectivity index (χ0n) is 14.2. The molecule has 0 spiro atoms. The third-order valence-electron chi connectivity index (χ3n) is 5.48. The summed E-state index contributed by atoms with van der Waals surface area (Å²) in [4.78, 5) is 16.9. The molecule has 1 saturated carbocycles. The van der Waals surface area contributed by atoms with Crippen molar-refractivity contribution in [2.75, 3.05) is 40.8 Å². The predicted molar refractivity (Wildman–Crippen MR) is 84.0 cm³/mol. The number of nitrogens with zero attached hydrogens (tertiary/aromatic N) is 2. The molecule has 0 aromatic heterocycles. The third kappa shape index (κ3) is 2.60. The summed E-state index contributed by atoms with van der Waals surface area (Å²) in [5.41, 5.74) is 5.57. The summed E-state index contributed by atoms with van der Waals surface area (Å²) >= 11 is 0. The summed E-state index contributed by atoms with van der Waals surface area (Å²) < 4.78 is 5.87. The number of likely N-dealkylation sites (N-methyl/N-ethyl adjacent to an activating group) is 1. The van der Waals surface area contributed by atoms with Crippen LogP contribution in [0.2, 0.25) is 0 Å². The van der Waals surface area contributed by atoms with E-state index in [0.29, 0.717) is 0 Å². The normalized spacial score (nSPS) is 34.2. The van der Waals surface area contributed by atoms with Crippen LogP contribution in [0.5, 0.6) is 0 Å². The van der Waals surface area contributed by atoms with Crippen LogP contribution in [0.3, 0.4) is 0 Å². The summed E-state index contributed by atoms with van der Waals surface area (Å²) in [6.07, 6.45) is 3.11. The van der Waals surface area contributed by atoms with E-state index in [1.54, 1.807) is 0 Å². The predicted octanol–water partition coefficient (Wildman–Crippen LogP) is 0.929. The van der Waals surface area contributed by atoms with Crippen molar-refractivity contribution in [3.8, 4) is 0 Å². The molecular formula is C16H31N3O2. The summed E-state index contributed by atoms with van der Waals surface area (Å²) in [6.45, 7) is 6.68. The quantitative estimate of drug-likeness (QED) is 0.820. The highest BCUT2D eigenvalue weighted by Gasteiger charge is 2.70. The van der Waals surface area contributed by atoms with Crippen molar-refractivity contribution in [1.29, 1.82) is 0 Å². The number of fused-ring (bicyclic) bond motifs is 1. The molecule has 2 fully saturated rings. The van der Waals surface area contributed by atoms with E-state index in [4.69, 9.17) is 10.5 Å². The van der Waals surface area contributed by atoms with Crippen LogP contribution < -0.4 is 5.73 Å². The van der Waals surface area contributed by atoms with Gasteiger partial charge in [0.05, 0.1) is 6.10 Å². The molecule has 0 aromatic carbocycles. The van der Waals surface area contributed by atoms with Crippen molar-refractivity contribution in [2.24, 2.45) is 17.1 Å². The molecule has 2 rings (SSSR count). The highest BCUT2D eigenvalue weighted by atomic mass is 16.5. The van der Waals surface area contributed by atoms with Crippen LogP contribution in [0.1, 0.15) is 33.1 Å². The summed E-state index contributed by atoms with van der Waals surface area (Å²) in [5, 5.41) is 0. The molecule has 2 aliphatic rings. The van der Waals surface area contributed by atoms with Crippen LogP contribution in [0, 0.1) is 11.3 Å². The van der Waals surface area contributed by atoms with Gasteiger partial charge in [-0.1, -0.05) is 13.8 Å². The fourth-order valence-corrected chi connectivity index (χ4v) is 4.05. The highest BCUT2D eigenvalue weighted by molar-refractivity contribution is 5.89. The number of rotatable bonds is 5. The van der Waals surface area contributed by atoms with Crippen molar-refractivity contribution in [2.45, 2.75) is 44.8 Å². The largest absolute Gasteiger partial charge is 0.377 e. The molecule has 1 aliphatic carbocycles. The fourth-order valence-electron chi connectivity index (χ4n) is 4.05. The number of hydrogen-bond donors (Lipinski definition) is 1. The molecule has 5 heteroatoms. The van der Waals surface area contributed by atoms with Crippen molar-refractivity contribution < 1.29 is 9.53 Å². The van der Waals surface area contributed by atoms with Crippen LogP contribution in [0.15, 0.2) is 0 Å². The van der Waals surface area contributed by atoms with E-state index in [0.717, 1.165) is 39.0 Å². The second-order valence-corrected chi connectivity index (χ2v) is 7.51. The Hall–Kier alpha value is -0.650. The molecule has 0 radical (unpaired) electrons. The number of carbonyl (C=O) groups is 1. The van der Waals surface area contributed by atoms with Crippen molar-refractivity contribution in [3.63, 3.8) is 0 Å². The minimum absolute atomic E-state index is 0.0815. The second kappa shape index (κ2) is 5.86. The number of carbonyl (C=O) groups excluding carboxylic acids is 1. The van der Waals surface area contributed by atoms with Gasteiger partial charge in [-0.05, 0) is 39.9 Å². The maximum absolute atomic E-state index is 12.9. The topological polar surface area (TPSA) is 58.8 Å². The zero-order valence-corrected chi connectivity index (χ0v) is 14.2. The third-order valence-corrected chi connectivity index (χ3v) is 5.48. The first-order valence-corrected chi connectivity index (χ1v) is 8.03. The molecule has 1 saturated heterocycles. The van der Waals surface area contributed by atoms with Crippen LogP contribution >= 0.6 is 0 Å². The Bertz CT molecular complexity index is 397. The van der Waals surface area contributed by atoms with Gasteiger partial charge in [0.1, 0.15) is 5.54 Å². The van der Waals surface area contributed by atoms with E-state index in [9.17, 15) is 4.79 Å². The lowest BCUT2D eigenvalue weighted by Gasteiger charge is -2.65. The van der Waals surface area contributed by atoms with Gasteiger partial charge in [0.15, 0.2) is 0 Å². The maximum Gasteiger partial charge on any atom is 0.243 e. The van der Waals surface area contributed by atoms with Gasteiger partial charge in [0.2, 0.25) is 5.91 Å². The van der Waals surface area contributed by atoms with Crippen LogP contribution in [0.4, 0.5) is 0 Å². The van der Waals surface area contributed by atoms with Gasteiger partial charge in [-0.2, -0.15) is 0 Å². The number of nitrogens with two attached hydrogens (primary N) is 1. The van der Waals surface area contributed by atoms with Gasteiger partial charge in [0, 0.05) is 31.5 Å². The van der Waals surface area contributed by atoms with E-state index in [2.05, 4.69) is 18.7 Å². The van der Waals surface area contributed by atoms with Crippen LogP contribution in [0.25, 0.3) is 0 Å². The highest BCUT2D eigenvalue weighted by Crippen LogP contribution is 2.57. The van der Waals surface area contributed by atoms with Crippen molar-refractivity contribution in [3.05, 3.63) is 0 Å². The molecule has 5 nitrogen and oxygen atoms in total. The summed E-state index contributed by atoms with van der Waals surface area (Å²) in [7, 11) is 5.97. The molecule has 3 atom stereocenters. The van der Waals surface area contributed by atoms with E-state index < -0.39 is 5.54 Å². The van der Waals surface area contributed by atoms with Gasteiger partial charge >= 0.3 is 0 Å². The molecule has 1 amide bonds. The molecule has 21 heavy (non-hydrogen) atoms. The first-order chi connectivity index (χ1) is 9.73. The maximum atomic E-state index is 12.9. The zero-order chi connectivity index (χ0) is 15.8. The molecule has 0 aromatic rings. The van der Waals surface area contributed by atoms with Crippen molar-refractivity contribution >= 4 is 5.91 Å². The summed E-state index contributed by atoms with van der Waals surface area (Å²) in [5.74, 6) is 0.253. The summed E-state index contributed by atoms with van der Waals surface area (Å²) in [6, 6.07) is 0. The standard InChI is InChI=1S/C16H31N3O2/c1-15(2)13-12(8-6-11-21-13)16(15,17)14(20)19(5)10-7-9-18(3)4/h12-13H,6-11,17H2,1-5H3. The molecule has 1 heterocycles. The number of hydrogen-bond acceptors (Lipinski definition) is 4. The van der Waals surface area contributed by atoms with E-state index >= 15 is 0 Å². The number of amides is 1. The van der Waals surface area contributed by atoms with Gasteiger partial charge in [0.25, 0.3) is 0 Å². The average Bonchev–Trinajstić information content (AvgIpc) is 2.45. The van der Waals surface area contributed by atoms with Gasteiger partial charge in [-0.3, -0.25) is 4.79 Å². The van der Waals surface area contributed by atoms with Gasteiger partial charge in [-0.25, -0.2) is 0 Å². The van der Waals surface area contributed by atoms with Crippen molar-refractivity contribution in [1.82, 2.24) is 9.80 Å². The minimum Gasteiger partial charge on any atom is -0.377 e.